The quantitative estimate of drug-likeness (QED) is 0.660. The van der Waals surface area contributed by atoms with E-state index < -0.39 is 5.60 Å². The lowest BCUT2D eigenvalue weighted by molar-refractivity contribution is -0.136. The lowest BCUT2D eigenvalue weighted by atomic mass is 9.97. The van der Waals surface area contributed by atoms with E-state index in [1.807, 2.05) is 31.2 Å². The van der Waals surface area contributed by atoms with E-state index in [0.29, 0.717) is 13.0 Å². The van der Waals surface area contributed by atoms with Crippen molar-refractivity contribution in [2.75, 3.05) is 38.7 Å². The summed E-state index contributed by atoms with van der Waals surface area (Å²) < 4.78 is 11.3. The average molecular weight is 377 g/mol. The first-order valence-corrected chi connectivity index (χ1v) is 10.3. The molecule has 5 heteroatoms. The predicted octanol–water partition coefficient (Wildman–Crippen LogP) is 4.33. The van der Waals surface area contributed by atoms with Gasteiger partial charge in [-0.2, -0.15) is 0 Å². The number of amides is 1. The van der Waals surface area contributed by atoms with Crippen LogP contribution in [0.4, 0.5) is 5.69 Å². The maximum atomic E-state index is 12.6. The summed E-state index contributed by atoms with van der Waals surface area (Å²) in [6.45, 7) is 10.3. The van der Waals surface area contributed by atoms with Crippen molar-refractivity contribution in [3.8, 4) is 5.75 Å². The molecule has 2 rings (SSSR count). The lowest BCUT2D eigenvalue weighted by Gasteiger charge is -2.30. The van der Waals surface area contributed by atoms with Gasteiger partial charge in [-0.25, -0.2) is 0 Å². The Labute approximate surface area is 164 Å². The van der Waals surface area contributed by atoms with Gasteiger partial charge in [0.1, 0.15) is 18.0 Å². The molecule has 1 aliphatic rings. The highest BCUT2D eigenvalue weighted by atomic mass is 16.5. The molecule has 0 bridgehead atoms. The van der Waals surface area contributed by atoms with Crippen molar-refractivity contribution >= 4 is 11.6 Å². The lowest BCUT2D eigenvalue weighted by Crippen LogP contribution is -2.41. The van der Waals surface area contributed by atoms with Gasteiger partial charge in [0.2, 0.25) is 0 Å². The molecule has 152 valence electrons. The van der Waals surface area contributed by atoms with E-state index in [1.54, 1.807) is 7.11 Å². The van der Waals surface area contributed by atoms with E-state index in [2.05, 4.69) is 24.1 Å². The van der Waals surface area contributed by atoms with E-state index >= 15 is 0 Å². The van der Waals surface area contributed by atoms with Crippen LogP contribution in [0, 0.1) is 5.92 Å². The number of ether oxygens (including phenoxy) is 2. The zero-order valence-electron chi connectivity index (χ0n) is 17.4. The number of likely N-dealkylation sites (tertiary alicyclic amines) is 1. The summed E-state index contributed by atoms with van der Waals surface area (Å²) >= 11 is 0. The van der Waals surface area contributed by atoms with Gasteiger partial charge in [-0.3, -0.25) is 9.69 Å². The number of methoxy groups -OCH3 is 1. The molecule has 1 heterocycles. The van der Waals surface area contributed by atoms with Crippen LogP contribution < -0.4 is 10.1 Å². The second-order valence-electron chi connectivity index (χ2n) is 7.91. The molecule has 27 heavy (non-hydrogen) atoms. The van der Waals surface area contributed by atoms with Crippen molar-refractivity contribution in [2.24, 2.45) is 5.92 Å². The van der Waals surface area contributed by atoms with Gasteiger partial charge in [0.15, 0.2) is 0 Å². The zero-order valence-corrected chi connectivity index (χ0v) is 17.4. The van der Waals surface area contributed by atoms with Crippen molar-refractivity contribution in [3.05, 3.63) is 24.3 Å². The molecule has 0 spiro atoms. The number of hydrogen-bond acceptors (Lipinski definition) is 4. The number of carbonyl (C=O) groups is 1. The SMILES string of the molecule is CCCC[C@@](C)(OC)C(=O)Nc1ccc(OCCN2CCC[C@H](C)C2)cc1. The molecule has 5 nitrogen and oxygen atoms in total. The number of nitrogens with one attached hydrogen (secondary N) is 1. The Hall–Kier alpha value is -1.59. The van der Waals surface area contributed by atoms with E-state index in [0.717, 1.165) is 36.7 Å². The minimum atomic E-state index is -0.795. The molecule has 0 aromatic heterocycles. The molecule has 1 N–H and O–H groups in total. The van der Waals surface area contributed by atoms with Gasteiger partial charge in [-0.15, -0.1) is 0 Å². The number of carbonyl (C=O) groups excluding carboxylic acids is 1. The van der Waals surface area contributed by atoms with E-state index in [-0.39, 0.29) is 5.91 Å². The Morgan fingerprint density at radius 2 is 2.07 bits per heavy atom. The van der Waals surface area contributed by atoms with E-state index in [9.17, 15) is 4.79 Å². The number of unbranched alkanes of at least 4 members (excludes halogenated alkanes) is 1. The van der Waals surface area contributed by atoms with Gasteiger partial charge in [-0.1, -0.05) is 26.7 Å². The summed E-state index contributed by atoms with van der Waals surface area (Å²) in [6.07, 6.45) is 5.33. The summed E-state index contributed by atoms with van der Waals surface area (Å²) in [5.41, 5.74) is -0.0338. The van der Waals surface area contributed by atoms with Crippen LogP contribution in [0.1, 0.15) is 52.9 Å². The van der Waals surface area contributed by atoms with Crippen LogP contribution in [-0.2, 0) is 9.53 Å². The van der Waals surface area contributed by atoms with Crippen molar-refractivity contribution in [1.29, 1.82) is 0 Å². The molecule has 0 radical (unpaired) electrons. The van der Waals surface area contributed by atoms with Crippen LogP contribution in [0.25, 0.3) is 0 Å². The van der Waals surface area contributed by atoms with Crippen molar-refractivity contribution in [2.45, 2.75) is 58.5 Å². The van der Waals surface area contributed by atoms with Gasteiger partial charge < -0.3 is 14.8 Å². The number of anilines is 1. The van der Waals surface area contributed by atoms with Crippen molar-refractivity contribution in [3.63, 3.8) is 0 Å². The first kappa shape index (κ1) is 21.7. The largest absolute Gasteiger partial charge is 0.492 e. The first-order valence-electron chi connectivity index (χ1n) is 10.3. The van der Waals surface area contributed by atoms with Crippen LogP contribution >= 0.6 is 0 Å². The maximum Gasteiger partial charge on any atom is 0.256 e. The van der Waals surface area contributed by atoms with Crippen LogP contribution in [0.2, 0.25) is 0 Å². The first-order chi connectivity index (χ1) is 13.0. The van der Waals surface area contributed by atoms with Crippen LogP contribution in [0.15, 0.2) is 24.3 Å². The van der Waals surface area contributed by atoms with Crippen LogP contribution in [-0.4, -0.2) is 49.8 Å². The molecule has 0 saturated carbocycles. The van der Waals surface area contributed by atoms with Gasteiger partial charge >= 0.3 is 0 Å². The average Bonchev–Trinajstić information content (AvgIpc) is 2.67. The Kier molecular flexibility index (Phi) is 8.58. The smallest absolute Gasteiger partial charge is 0.256 e. The second-order valence-corrected chi connectivity index (χ2v) is 7.91. The van der Waals surface area contributed by atoms with Gasteiger partial charge in [0.25, 0.3) is 5.91 Å². The Morgan fingerprint density at radius 1 is 1.33 bits per heavy atom. The molecular weight excluding hydrogens is 340 g/mol. The Bertz CT molecular complexity index is 575. The highest BCUT2D eigenvalue weighted by Crippen LogP contribution is 2.22. The van der Waals surface area contributed by atoms with Crippen molar-refractivity contribution in [1.82, 2.24) is 4.90 Å². The van der Waals surface area contributed by atoms with Gasteiger partial charge in [0.05, 0.1) is 0 Å². The highest BCUT2D eigenvalue weighted by Gasteiger charge is 2.32. The standard InChI is InChI=1S/C22H36N2O3/c1-5-6-13-22(3,26-4)21(25)23-19-9-11-20(12-10-19)27-16-15-24-14-7-8-18(2)17-24/h9-12,18H,5-8,13-17H2,1-4H3,(H,23,25)/t18-,22+/m0/s1. The summed E-state index contributed by atoms with van der Waals surface area (Å²) in [6, 6.07) is 7.58. The minimum Gasteiger partial charge on any atom is -0.492 e. The molecule has 2 atom stereocenters. The zero-order chi connectivity index (χ0) is 19.7. The van der Waals surface area contributed by atoms with E-state index in [1.165, 1.54) is 25.9 Å². The number of piperidine rings is 1. The molecule has 1 aliphatic heterocycles. The molecule has 1 aromatic rings. The molecule has 1 fully saturated rings. The molecule has 0 aliphatic carbocycles. The monoisotopic (exact) mass is 376 g/mol. The third-order valence-corrected chi connectivity index (χ3v) is 5.47. The Morgan fingerprint density at radius 3 is 2.70 bits per heavy atom. The second kappa shape index (κ2) is 10.7. The molecule has 0 unspecified atom stereocenters. The Balaban J connectivity index is 1.79. The molecule has 1 aromatic carbocycles. The third-order valence-electron chi connectivity index (χ3n) is 5.47. The number of nitrogens with zero attached hydrogens (tertiary/aromatic N) is 1. The number of rotatable bonds is 10. The van der Waals surface area contributed by atoms with E-state index in [4.69, 9.17) is 9.47 Å². The number of benzene rings is 1. The molecule has 1 saturated heterocycles. The predicted molar refractivity (Wildman–Crippen MR) is 110 cm³/mol. The summed E-state index contributed by atoms with van der Waals surface area (Å²) in [5, 5.41) is 2.95. The molecular formula is C22H36N2O3. The third kappa shape index (κ3) is 6.82. The normalized spacial score (nSPS) is 20.1. The van der Waals surface area contributed by atoms with Crippen molar-refractivity contribution < 1.29 is 14.3 Å². The summed E-state index contributed by atoms with van der Waals surface area (Å²) in [7, 11) is 1.59. The number of hydrogen-bond donors (Lipinski definition) is 1. The summed E-state index contributed by atoms with van der Waals surface area (Å²) in [4.78, 5) is 15.0. The fourth-order valence-electron chi connectivity index (χ4n) is 3.50. The van der Waals surface area contributed by atoms with Gasteiger partial charge in [-0.05, 0) is 62.9 Å². The fraction of sp³-hybridized carbons (Fsp3) is 0.682. The van der Waals surface area contributed by atoms with Crippen LogP contribution in [0.5, 0.6) is 5.75 Å². The van der Waals surface area contributed by atoms with Crippen LogP contribution in [0.3, 0.4) is 0 Å². The maximum absolute atomic E-state index is 12.6. The summed E-state index contributed by atoms with van der Waals surface area (Å²) in [5.74, 6) is 1.52. The highest BCUT2D eigenvalue weighted by molar-refractivity contribution is 5.97. The molecule has 1 amide bonds. The minimum absolute atomic E-state index is 0.105. The fourth-order valence-corrected chi connectivity index (χ4v) is 3.50. The topological polar surface area (TPSA) is 50.8 Å². The van der Waals surface area contributed by atoms with Gasteiger partial charge in [0, 0.05) is 25.9 Å².